The molecule has 5 aromatic rings. The largest absolute Gasteiger partial charge is 0.453 e. The van der Waals surface area contributed by atoms with Gasteiger partial charge in [0.1, 0.15) is 23.7 Å². The van der Waals surface area contributed by atoms with Crippen LogP contribution in [0.2, 0.25) is 0 Å². The number of hydrogen-bond donors (Lipinski definition) is 4. The van der Waals surface area contributed by atoms with Crippen molar-refractivity contribution in [3.8, 4) is 22.4 Å². The molecule has 3 aromatic carbocycles. The standard InChI is InChI=1S/C48H58N8O8/c1-26(2)39(53-46(59)61-5)44(57)55-24-48(16-7-17-63-25-48)20-37(55)43-50-34-15-13-31-18-30(12-14-33(31)41(34)52-43)28-8-10-29(11-9-28)35-21-49-42(51-35)36-19-32-22-64-23-38(32)56(36)45(58)40(27(3)4)54-47(60)62-6/h8-15,18,21,26-27,32,36-40H,7,16-17,19-20,22-25H2,1-6H3,(H,49,51)(H,50,52)(H,53,59)(H,54,60)/t32-,36+,37+,38+,39+,40+,48+/m1/s1. The summed E-state index contributed by atoms with van der Waals surface area (Å²) in [6, 6.07) is 16.7. The molecule has 4 fully saturated rings. The van der Waals surface area contributed by atoms with Gasteiger partial charge in [0.15, 0.2) is 0 Å². The molecular weight excluding hydrogens is 817 g/mol. The molecule has 7 atom stereocenters. The summed E-state index contributed by atoms with van der Waals surface area (Å²) in [5, 5.41) is 7.56. The molecule has 64 heavy (non-hydrogen) atoms. The van der Waals surface area contributed by atoms with Crippen LogP contribution in [-0.2, 0) is 28.5 Å². The number of imidazole rings is 2. The van der Waals surface area contributed by atoms with Gasteiger partial charge in [0.05, 0.1) is 75.1 Å². The SMILES string of the molecule is COC(=O)N[C@H](C(=O)N1C[C@]2(CCCOC2)C[C@H]1c1nc2c(ccc3cc(-c4ccc(-c5cnc([C@@H]6C[C@@H]7COC[C@@H]7N6C(=O)[C@@H](NC(=O)OC)C(C)C)[nH]5)cc4)ccc32)[nH]1)C(C)C. The van der Waals surface area contributed by atoms with Gasteiger partial charge in [-0.05, 0) is 71.7 Å². The molecule has 2 aromatic heterocycles. The van der Waals surface area contributed by atoms with Gasteiger partial charge in [0.25, 0.3) is 0 Å². The Morgan fingerprint density at radius 2 is 1.52 bits per heavy atom. The number of fused-ring (bicyclic) bond motifs is 4. The normalized spacial score (nSPS) is 24.1. The smallest absolute Gasteiger partial charge is 0.407 e. The molecule has 16 nitrogen and oxygen atoms in total. The number of aromatic nitrogens is 4. The van der Waals surface area contributed by atoms with Crippen LogP contribution in [0.5, 0.6) is 0 Å². The van der Waals surface area contributed by atoms with E-state index in [2.05, 4.69) is 69.1 Å². The minimum atomic E-state index is -0.749. The van der Waals surface area contributed by atoms with Gasteiger partial charge in [-0.1, -0.05) is 70.2 Å². The highest BCUT2D eigenvalue weighted by Crippen LogP contribution is 2.48. The van der Waals surface area contributed by atoms with Crippen molar-refractivity contribution in [2.75, 3.05) is 47.2 Å². The molecule has 4 saturated heterocycles. The molecule has 4 aliphatic heterocycles. The molecule has 6 heterocycles. The number of benzene rings is 3. The second-order valence-electron chi connectivity index (χ2n) is 18.7. The van der Waals surface area contributed by atoms with Crippen LogP contribution in [0, 0.1) is 23.2 Å². The van der Waals surface area contributed by atoms with Crippen molar-refractivity contribution in [3.05, 3.63) is 72.4 Å². The number of carbonyl (C=O) groups excluding carboxylic acids is 4. The second kappa shape index (κ2) is 17.5. The highest BCUT2D eigenvalue weighted by Gasteiger charge is 2.51. The maximum atomic E-state index is 14.3. The van der Waals surface area contributed by atoms with E-state index in [1.165, 1.54) is 14.2 Å². The fraction of sp³-hybridized carbons (Fsp3) is 0.500. The number of aromatic amines is 2. The lowest BCUT2D eigenvalue weighted by Crippen LogP contribution is -2.53. The fourth-order valence-electron chi connectivity index (χ4n) is 10.4. The van der Waals surface area contributed by atoms with E-state index in [-0.39, 0.29) is 53.1 Å². The van der Waals surface area contributed by atoms with Crippen molar-refractivity contribution < 1.29 is 38.1 Å². The van der Waals surface area contributed by atoms with Gasteiger partial charge < -0.3 is 49.3 Å². The van der Waals surface area contributed by atoms with E-state index >= 15 is 0 Å². The van der Waals surface area contributed by atoms with Crippen LogP contribution in [0.4, 0.5) is 9.59 Å². The van der Waals surface area contributed by atoms with E-state index in [9.17, 15) is 19.2 Å². The number of nitrogens with one attached hydrogen (secondary N) is 4. The number of H-pyrrole nitrogens is 2. The molecule has 0 aliphatic carbocycles. The number of carbonyl (C=O) groups is 4. The Kier molecular flexibility index (Phi) is 11.8. The van der Waals surface area contributed by atoms with Crippen LogP contribution < -0.4 is 10.6 Å². The molecule has 0 saturated carbocycles. The van der Waals surface area contributed by atoms with Crippen LogP contribution in [0.1, 0.15) is 77.1 Å². The van der Waals surface area contributed by atoms with Gasteiger partial charge in [-0.15, -0.1) is 0 Å². The summed E-state index contributed by atoms with van der Waals surface area (Å²) in [6.45, 7) is 10.5. The molecule has 0 unspecified atom stereocenters. The third kappa shape index (κ3) is 8.06. The summed E-state index contributed by atoms with van der Waals surface area (Å²) >= 11 is 0. The third-order valence-electron chi connectivity index (χ3n) is 13.9. The number of ether oxygens (including phenoxy) is 4. The van der Waals surface area contributed by atoms with Crippen molar-refractivity contribution in [3.63, 3.8) is 0 Å². The molecule has 16 heteroatoms. The van der Waals surface area contributed by atoms with Gasteiger partial charge in [0.2, 0.25) is 11.8 Å². The maximum absolute atomic E-state index is 14.3. The Labute approximate surface area is 372 Å². The lowest BCUT2D eigenvalue weighted by Gasteiger charge is -2.33. The van der Waals surface area contributed by atoms with E-state index < -0.39 is 24.3 Å². The first-order valence-electron chi connectivity index (χ1n) is 22.4. The van der Waals surface area contributed by atoms with Crippen LogP contribution >= 0.6 is 0 Å². The van der Waals surface area contributed by atoms with Crippen molar-refractivity contribution in [1.82, 2.24) is 40.4 Å². The average Bonchev–Trinajstić information content (AvgIpc) is 4.15. The zero-order valence-electron chi connectivity index (χ0n) is 37.3. The summed E-state index contributed by atoms with van der Waals surface area (Å²) in [7, 11) is 2.59. The van der Waals surface area contributed by atoms with Gasteiger partial charge >= 0.3 is 12.2 Å². The first kappa shape index (κ1) is 43.3. The number of alkyl carbamates (subject to hydrolysis) is 2. The zero-order valence-corrected chi connectivity index (χ0v) is 37.3. The first-order chi connectivity index (χ1) is 30.9. The predicted octanol–water partition coefficient (Wildman–Crippen LogP) is 6.89. The topological polar surface area (TPSA) is 193 Å². The Morgan fingerprint density at radius 1 is 0.812 bits per heavy atom. The summed E-state index contributed by atoms with van der Waals surface area (Å²) in [5.41, 5.74) is 5.44. The van der Waals surface area contributed by atoms with Crippen LogP contribution in [0.25, 0.3) is 44.2 Å². The van der Waals surface area contributed by atoms with Crippen molar-refractivity contribution in [1.29, 1.82) is 0 Å². The minimum absolute atomic E-state index is 0.0994. The van der Waals surface area contributed by atoms with E-state index in [4.69, 9.17) is 28.9 Å². The fourth-order valence-corrected chi connectivity index (χ4v) is 10.4. The minimum Gasteiger partial charge on any atom is -0.453 e. The van der Waals surface area contributed by atoms with Crippen molar-refractivity contribution in [2.45, 2.75) is 83.6 Å². The molecule has 4 amide bonds. The lowest BCUT2D eigenvalue weighted by atomic mass is 9.80. The van der Waals surface area contributed by atoms with Crippen LogP contribution in [0.3, 0.4) is 0 Å². The summed E-state index contributed by atoms with van der Waals surface area (Å²) < 4.78 is 21.5. The number of nitrogens with zero attached hydrogens (tertiary/aromatic N) is 4. The van der Waals surface area contributed by atoms with Gasteiger partial charge in [0, 0.05) is 29.9 Å². The van der Waals surface area contributed by atoms with Gasteiger partial charge in [-0.2, -0.15) is 0 Å². The summed E-state index contributed by atoms with van der Waals surface area (Å²) in [4.78, 5) is 73.7. The van der Waals surface area contributed by atoms with Crippen molar-refractivity contribution >= 4 is 45.8 Å². The predicted molar refractivity (Wildman–Crippen MR) is 239 cm³/mol. The molecule has 9 rings (SSSR count). The molecule has 1 spiro atoms. The van der Waals surface area contributed by atoms with Gasteiger partial charge in [-0.25, -0.2) is 19.6 Å². The molecule has 0 radical (unpaired) electrons. The summed E-state index contributed by atoms with van der Waals surface area (Å²) in [5.74, 6) is 0.976. The Hall–Kier alpha value is -6.00. The van der Waals surface area contributed by atoms with Crippen LogP contribution in [-0.4, -0.2) is 119 Å². The zero-order chi connectivity index (χ0) is 44.9. The van der Waals surface area contributed by atoms with E-state index in [0.29, 0.717) is 51.6 Å². The van der Waals surface area contributed by atoms with E-state index in [1.807, 2.05) is 49.8 Å². The molecular formula is C48H58N8O8. The first-order valence-corrected chi connectivity index (χ1v) is 22.4. The molecule has 0 bridgehead atoms. The second-order valence-corrected chi connectivity index (χ2v) is 18.7. The number of likely N-dealkylation sites (tertiary alicyclic amines) is 2. The number of amides is 4. The van der Waals surface area contributed by atoms with E-state index in [0.717, 1.165) is 62.9 Å². The third-order valence-corrected chi connectivity index (χ3v) is 13.9. The Bertz CT molecular complexity index is 2550. The Morgan fingerprint density at radius 3 is 2.20 bits per heavy atom. The summed E-state index contributed by atoms with van der Waals surface area (Å²) in [6.07, 6.45) is 3.85. The maximum Gasteiger partial charge on any atom is 0.407 e. The molecule has 4 aliphatic rings. The highest BCUT2D eigenvalue weighted by atomic mass is 16.5. The average molecular weight is 875 g/mol. The quantitative estimate of drug-likeness (QED) is 0.115. The highest BCUT2D eigenvalue weighted by molar-refractivity contribution is 6.05. The molecule has 338 valence electrons. The van der Waals surface area contributed by atoms with Crippen LogP contribution in [0.15, 0.2) is 60.8 Å². The Balaban J connectivity index is 0.950. The number of rotatable bonds is 10. The molecule has 4 N–H and O–H groups in total. The van der Waals surface area contributed by atoms with Gasteiger partial charge in [-0.3, -0.25) is 9.59 Å². The van der Waals surface area contributed by atoms with Crippen molar-refractivity contribution in [2.24, 2.45) is 23.2 Å². The number of methoxy groups -OCH3 is 2. The van der Waals surface area contributed by atoms with E-state index in [1.54, 1.807) is 0 Å². The number of hydrogen-bond acceptors (Lipinski definition) is 10. The monoisotopic (exact) mass is 874 g/mol. The lowest BCUT2D eigenvalue weighted by molar-refractivity contribution is -0.138.